The minimum absolute atomic E-state index is 0.0181. The van der Waals surface area contributed by atoms with Gasteiger partial charge in [0, 0.05) is 18.9 Å². The molecule has 4 nitrogen and oxygen atoms in total. The molecule has 0 aromatic rings. The van der Waals surface area contributed by atoms with Gasteiger partial charge in [-0.1, -0.05) is 6.92 Å². The molecule has 0 aromatic heterocycles. The lowest BCUT2D eigenvalue weighted by Gasteiger charge is -2.59. The number of aliphatic hydroxyl groups is 3. The average molecular weight is 322 g/mol. The van der Waals surface area contributed by atoms with Crippen molar-refractivity contribution >= 4 is 5.78 Å². The summed E-state index contributed by atoms with van der Waals surface area (Å²) in [6.07, 6.45) is 5.86. The molecule has 0 amide bonds. The van der Waals surface area contributed by atoms with E-state index in [2.05, 4.69) is 6.92 Å². The predicted molar refractivity (Wildman–Crippen MR) is 85.5 cm³/mol. The van der Waals surface area contributed by atoms with Crippen molar-refractivity contribution in [1.29, 1.82) is 0 Å². The second-order valence-corrected chi connectivity index (χ2v) is 9.19. The SMILES string of the molecule is C[C@]12CC[C@H](O)C[C@@H]1CC(=O)[C@H]1[C@H]2CC[C@@]2(CO)C[C@H](O)C[C@@H]12. The summed E-state index contributed by atoms with van der Waals surface area (Å²) in [4.78, 5) is 13.0. The largest absolute Gasteiger partial charge is 0.396 e. The van der Waals surface area contributed by atoms with Crippen LogP contribution < -0.4 is 0 Å². The van der Waals surface area contributed by atoms with Crippen LogP contribution in [0.2, 0.25) is 0 Å². The fourth-order valence-corrected chi connectivity index (χ4v) is 7.00. The van der Waals surface area contributed by atoms with Crippen LogP contribution in [0.1, 0.15) is 58.3 Å². The molecule has 0 radical (unpaired) electrons. The number of Topliss-reactive ketones (excluding diaryl/α,β-unsaturated/α-hetero) is 1. The van der Waals surface area contributed by atoms with E-state index in [0.29, 0.717) is 36.9 Å². The summed E-state index contributed by atoms with van der Waals surface area (Å²) in [5, 5.41) is 30.3. The van der Waals surface area contributed by atoms with Gasteiger partial charge in [0.05, 0.1) is 12.2 Å². The molecule has 0 aliphatic heterocycles. The molecule has 4 aliphatic rings. The van der Waals surface area contributed by atoms with Gasteiger partial charge in [-0.25, -0.2) is 0 Å². The zero-order chi connectivity index (χ0) is 16.4. The van der Waals surface area contributed by atoms with Gasteiger partial charge < -0.3 is 15.3 Å². The second kappa shape index (κ2) is 5.27. The van der Waals surface area contributed by atoms with Crippen molar-refractivity contribution in [3.05, 3.63) is 0 Å². The molecule has 4 heteroatoms. The maximum atomic E-state index is 13.0. The first-order chi connectivity index (χ1) is 10.9. The zero-order valence-electron chi connectivity index (χ0n) is 14.1. The van der Waals surface area contributed by atoms with Crippen LogP contribution in [0.4, 0.5) is 0 Å². The Morgan fingerprint density at radius 1 is 1.09 bits per heavy atom. The fourth-order valence-electron chi connectivity index (χ4n) is 7.00. The summed E-state index contributed by atoms with van der Waals surface area (Å²) in [6, 6.07) is 0. The van der Waals surface area contributed by atoms with Crippen molar-refractivity contribution in [1.82, 2.24) is 0 Å². The summed E-state index contributed by atoms with van der Waals surface area (Å²) in [5.74, 6) is 1.19. The lowest BCUT2D eigenvalue weighted by Crippen LogP contribution is -2.57. The summed E-state index contributed by atoms with van der Waals surface area (Å²) in [5.41, 5.74) is -0.0828. The number of hydrogen-bond donors (Lipinski definition) is 3. The summed E-state index contributed by atoms with van der Waals surface area (Å²) < 4.78 is 0. The van der Waals surface area contributed by atoms with E-state index >= 15 is 0 Å². The van der Waals surface area contributed by atoms with Gasteiger partial charge in [-0.3, -0.25) is 4.79 Å². The first kappa shape index (κ1) is 16.0. The van der Waals surface area contributed by atoms with Crippen LogP contribution in [-0.2, 0) is 4.79 Å². The summed E-state index contributed by atoms with van der Waals surface area (Å²) in [6.45, 7) is 2.44. The highest BCUT2D eigenvalue weighted by atomic mass is 16.3. The number of carbonyl (C=O) groups is 1. The molecule has 0 saturated heterocycles. The quantitative estimate of drug-likeness (QED) is 0.689. The molecular weight excluding hydrogens is 292 g/mol. The maximum absolute atomic E-state index is 13.0. The van der Waals surface area contributed by atoms with Gasteiger partial charge in [0.2, 0.25) is 0 Å². The van der Waals surface area contributed by atoms with Crippen LogP contribution in [0.15, 0.2) is 0 Å². The predicted octanol–water partition coefficient (Wildman–Crippen LogP) is 1.90. The summed E-state index contributed by atoms with van der Waals surface area (Å²) >= 11 is 0. The van der Waals surface area contributed by atoms with Crippen LogP contribution in [0.5, 0.6) is 0 Å². The van der Waals surface area contributed by atoms with E-state index in [0.717, 1.165) is 32.1 Å². The molecule has 3 N–H and O–H groups in total. The molecule has 4 saturated carbocycles. The fraction of sp³-hybridized carbons (Fsp3) is 0.947. The Hall–Kier alpha value is -0.450. The van der Waals surface area contributed by atoms with Gasteiger partial charge in [-0.15, -0.1) is 0 Å². The molecule has 23 heavy (non-hydrogen) atoms. The maximum Gasteiger partial charge on any atom is 0.136 e. The third-order valence-electron chi connectivity index (χ3n) is 8.26. The smallest absolute Gasteiger partial charge is 0.136 e. The van der Waals surface area contributed by atoms with Gasteiger partial charge >= 0.3 is 0 Å². The third-order valence-corrected chi connectivity index (χ3v) is 8.26. The number of aliphatic hydroxyl groups excluding tert-OH is 3. The van der Waals surface area contributed by atoms with Crippen molar-refractivity contribution in [3.8, 4) is 0 Å². The Labute approximate surface area is 138 Å². The van der Waals surface area contributed by atoms with E-state index in [9.17, 15) is 20.1 Å². The standard InChI is InChI=1S/C19H30O4/c1-18-4-2-12(21)6-11(18)7-16(23)17-14(18)3-5-19(10-20)9-13(22)8-15(17)19/h11-15,17,20-22H,2-10H2,1H3/t11-,12+,13-,14-,15+,17+,18+,19+/m1/s1. The molecule has 0 aromatic carbocycles. The number of rotatable bonds is 1. The molecule has 0 unspecified atom stereocenters. The van der Waals surface area contributed by atoms with Gasteiger partial charge in [0.15, 0.2) is 0 Å². The molecule has 0 spiro atoms. The zero-order valence-corrected chi connectivity index (χ0v) is 14.1. The van der Waals surface area contributed by atoms with E-state index in [-0.39, 0.29) is 41.5 Å². The Bertz CT molecular complexity index is 506. The van der Waals surface area contributed by atoms with Gasteiger partial charge in [0.1, 0.15) is 5.78 Å². The Morgan fingerprint density at radius 2 is 1.87 bits per heavy atom. The molecule has 130 valence electrons. The minimum Gasteiger partial charge on any atom is -0.396 e. The molecule has 0 heterocycles. The monoisotopic (exact) mass is 322 g/mol. The van der Waals surface area contributed by atoms with Crippen LogP contribution in [0.25, 0.3) is 0 Å². The lowest BCUT2D eigenvalue weighted by molar-refractivity contribution is -0.161. The molecule has 0 bridgehead atoms. The Balaban J connectivity index is 1.69. The van der Waals surface area contributed by atoms with E-state index in [1.807, 2.05) is 0 Å². The van der Waals surface area contributed by atoms with E-state index in [4.69, 9.17) is 0 Å². The molecular formula is C19H30O4. The van der Waals surface area contributed by atoms with E-state index < -0.39 is 0 Å². The third kappa shape index (κ3) is 2.17. The van der Waals surface area contributed by atoms with Crippen LogP contribution in [0, 0.1) is 34.5 Å². The van der Waals surface area contributed by atoms with Crippen molar-refractivity contribution in [3.63, 3.8) is 0 Å². The van der Waals surface area contributed by atoms with Crippen molar-refractivity contribution in [2.24, 2.45) is 34.5 Å². The van der Waals surface area contributed by atoms with Gasteiger partial charge in [-0.2, -0.15) is 0 Å². The van der Waals surface area contributed by atoms with Crippen LogP contribution in [0.3, 0.4) is 0 Å². The van der Waals surface area contributed by atoms with Crippen LogP contribution >= 0.6 is 0 Å². The highest BCUT2D eigenvalue weighted by Crippen LogP contribution is 2.65. The Morgan fingerprint density at radius 3 is 2.61 bits per heavy atom. The average Bonchev–Trinajstić information content (AvgIpc) is 2.86. The number of hydrogen-bond acceptors (Lipinski definition) is 4. The first-order valence-corrected chi connectivity index (χ1v) is 9.39. The highest BCUT2D eigenvalue weighted by Gasteiger charge is 2.62. The van der Waals surface area contributed by atoms with Gasteiger partial charge in [0.25, 0.3) is 0 Å². The van der Waals surface area contributed by atoms with Crippen molar-refractivity contribution in [2.75, 3.05) is 6.61 Å². The van der Waals surface area contributed by atoms with Crippen molar-refractivity contribution < 1.29 is 20.1 Å². The van der Waals surface area contributed by atoms with Gasteiger partial charge in [-0.05, 0) is 73.5 Å². The summed E-state index contributed by atoms with van der Waals surface area (Å²) in [7, 11) is 0. The molecule has 8 atom stereocenters. The number of carbonyl (C=O) groups excluding carboxylic acids is 1. The molecule has 4 aliphatic carbocycles. The topological polar surface area (TPSA) is 77.8 Å². The van der Waals surface area contributed by atoms with Crippen LogP contribution in [-0.4, -0.2) is 39.9 Å². The number of fused-ring (bicyclic) bond motifs is 5. The minimum atomic E-state index is -0.364. The van der Waals surface area contributed by atoms with E-state index in [1.54, 1.807) is 0 Å². The van der Waals surface area contributed by atoms with Crippen molar-refractivity contribution in [2.45, 2.75) is 70.5 Å². The molecule has 4 fully saturated rings. The first-order valence-electron chi connectivity index (χ1n) is 9.39. The second-order valence-electron chi connectivity index (χ2n) is 9.19. The van der Waals surface area contributed by atoms with E-state index in [1.165, 1.54) is 0 Å². The highest BCUT2D eigenvalue weighted by molar-refractivity contribution is 5.83. The molecule has 4 rings (SSSR count). The Kier molecular flexibility index (Phi) is 3.68. The lowest BCUT2D eigenvalue weighted by atomic mass is 9.45. The number of ketones is 1. The normalized spacial score (nSPS) is 55.9.